The summed E-state index contributed by atoms with van der Waals surface area (Å²) in [5.41, 5.74) is 0.416. The predicted molar refractivity (Wildman–Crippen MR) is 91.0 cm³/mol. The third-order valence-corrected chi connectivity index (χ3v) is 5.17. The molecule has 24 heavy (non-hydrogen) atoms. The highest BCUT2D eigenvalue weighted by molar-refractivity contribution is 7.13. The summed E-state index contributed by atoms with van der Waals surface area (Å²) in [6.07, 6.45) is 5.72. The number of nitrogens with zero attached hydrogens (tertiary/aromatic N) is 4. The number of aromatic nitrogens is 3. The van der Waals surface area contributed by atoms with Crippen LogP contribution in [-0.4, -0.2) is 38.7 Å². The average Bonchev–Trinajstić information content (AvgIpc) is 3.35. The molecular weight excluding hydrogens is 324 g/mol. The van der Waals surface area contributed by atoms with Crippen molar-refractivity contribution >= 4 is 17.2 Å². The zero-order valence-electron chi connectivity index (χ0n) is 13.4. The molecule has 1 atom stereocenters. The van der Waals surface area contributed by atoms with Gasteiger partial charge in [0.05, 0.1) is 10.9 Å². The normalized spacial score (nSPS) is 18.0. The van der Waals surface area contributed by atoms with E-state index < -0.39 is 0 Å². The van der Waals surface area contributed by atoms with Gasteiger partial charge in [0, 0.05) is 25.5 Å². The smallest absolute Gasteiger partial charge is 0.276 e. The van der Waals surface area contributed by atoms with E-state index in [-0.39, 0.29) is 11.9 Å². The van der Waals surface area contributed by atoms with Crippen LogP contribution in [0.15, 0.2) is 40.4 Å². The van der Waals surface area contributed by atoms with Crippen LogP contribution in [0.1, 0.15) is 35.1 Å². The van der Waals surface area contributed by atoms with Crippen molar-refractivity contribution in [1.29, 1.82) is 0 Å². The van der Waals surface area contributed by atoms with E-state index in [1.54, 1.807) is 24.5 Å². The number of carbonyl (C=O) groups is 1. The topological polar surface area (TPSA) is 64.2 Å². The van der Waals surface area contributed by atoms with Crippen molar-refractivity contribution in [3.63, 3.8) is 0 Å². The summed E-state index contributed by atoms with van der Waals surface area (Å²) in [5.74, 6) is 1.03. The van der Waals surface area contributed by atoms with Crippen LogP contribution >= 0.6 is 11.3 Å². The molecular formula is C17H18N4O2S. The molecule has 1 saturated heterocycles. The fraction of sp³-hybridized carbons (Fsp3) is 0.353. The van der Waals surface area contributed by atoms with E-state index in [1.165, 1.54) is 0 Å². The Hall–Kier alpha value is -2.41. The van der Waals surface area contributed by atoms with Crippen LogP contribution < -0.4 is 0 Å². The van der Waals surface area contributed by atoms with Gasteiger partial charge in [-0.15, -0.1) is 11.3 Å². The van der Waals surface area contributed by atoms with Gasteiger partial charge in [-0.05, 0) is 37.3 Å². The quantitative estimate of drug-likeness (QED) is 0.732. The van der Waals surface area contributed by atoms with Gasteiger partial charge in [-0.3, -0.25) is 9.48 Å². The van der Waals surface area contributed by atoms with Crippen LogP contribution in [0.25, 0.3) is 10.8 Å². The zero-order valence-corrected chi connectivity index (χ0v) is 14.2. The number of piperidine rings is 1. The SMILES string of the molecule is Cc1oc(-c2cccs2)nc1C(=O)N1CCC[C@@H](n2cccn2)C1. The Bertz CT molecular complexity index is 823. The second kappa shape index (κ2) is 6.24. The number of aryl methyl sites for hydroxylation is 1. The van der Waals surface area contributed by atoms with E-state index in [4.69, 9.17) is 4.42 Å². The molecule has 6 nitrogen and oxygen atoms in total. The third kappa shape index (κ3) is 2.75. The van der Waals surface area contributed by atoms with Gasteiger partial charge < -0.3 is 9.32 Å². The summed E-state index contributed by atoms with van der Waals surface area (Å²) in [5, 5.41) is 6.28. The molecule has 0 bridgehead atoms. The van der Waals surface area contributed by atoms with Crippen LogP contribution in [0.5, 0.6) is 0 Å². The monoisotopic (exact) mass is 342 g/mol. The minimum absolute atomic E-state index is 0.0593. The lowest BCUT2D eigenvalue weighted by Crippen LogP contribution is -2.41. The van der Waals surface area contributed by atoms with Crippen LogP contribution in [0.3, 0.4) is 0 Å². The summed E-state index contributed by atoms with van der Waals surface area (Å²) in [4.78, 5) is 20.1. The molecule has 1 aliphatic rings. The molecule has 0 saturated carbocycles. The Labute approximate surface area is 143 Å². The van der Waals surface area contributed by atoms with Crippen molar-refractivity contribution in [3.8, 4) is 10.8 Å². The summed E-state index contributed by atoms with van der Waals surface area (Å²) in [6.45, 7) is 3.20. The highest BCUT2D eigenvalue weighted by Crippen LogP contribution is 2.28. The average molecular weight is 342 g/mol. The Morgan fingerprint density at radius 1 is 1.42 bits per heavy atom. The number of thiophene rings is 1. The van der Waals surface area contributed by atoms with Gasteiger partial charge in [0.25, 0.3) is 5.91 Å². The Morgan fingerprint density at radius 2 is 2.33 bits per heavy atom. The number of hydrogen-bond donors (Lipinski definition) is 0. The molecule has 1 aliphatic heterocycles. The molecule has 0 N–H and O–H groups in total. The van der Waals surface area contributed by atoms with Crippen molar-refractivity contribution in [2.24, 2.45) is 0 Å². The number of oxazole rings is 1. The van der Waals surface area contributed by atoms with Gasteiger partial charge >= 0.3 is 0 Å². The molecule has 124 valence electrons. The Morgan fingerprint density at radius 3 is 3.08 bits per heavy atom. The first-order valence-corrected chi connectivity index (χ1v) is 8.90. The van der Waals surface area contributed by atoms with Gasteiger partial charge in [0.1, 0.15) is 5.76 Å². The molecule has 4 heterocycles. The van der Waals surface area contributed by atoms with Gasteiger partial charge in [0.2, 0.25) is 5.89 Å². The lowest BCUT2D eigenvalue weighted by Gasteiger charge is -2.32. The molecule has 1 fully saturated rings. The Kier molecular flexibility index (Phi) is 3.93. The summed E-state index contributed by atoms with van der Waals surface area (Å²) >= 11 is 1.55. The first kappa shape index (κ1) is 15.1. The van der Waals surface area contributed by atoms with Crippen LogP contribution in [0.2, 0.25) is 0 Å². The summed E-state index contributed by atoms with van der Waals surface area (Å²) < 4.78 is 7.64. The number of hydrogen-bond acceptors (Lipinski definition) is 5. The van der Waals surface area contributed by atoms with E-state index in [2.05, 4.69) is 10.1 Å². The van der Waals surface area contributed by atoms with Crippen LogP contribution in [0.4, 0.5) is 0 Å². The molecule has 0 spiro atoms. The van der Waals surface area contributed by atoms with Crippen LogP contribution in [-0.2, 0) is 0 Å². The number of rotatable bonds is 3. The van der Waals surface area contributed by atoms with E-state index in [9.17, 15) is 4.79 Å². The third-order valence-electron chi connectivity index (χ3n) is 4.31. The maximum Gasteiger partial charge on any atom is 0.276 e. The molecule has 0 unspecified atom stereocenters. The second-order valence-electron chi connectivity index (χ2n) is 5.93. The van der Waals surface area contributed by atoms with Gasteiger partial charge in [-0.1, -0.05) is 6.07 Å². The van der Waals surface area contributed by atoms with Crippen molar-refractivity contribution in [2.75, 3.05) is 13.1 Å². The number of carbonyl (C=O) groups excluding carboxylic acids is 1. The highest BCUT2D eigenvalue weighted by Gasteiger charge is 2.29. The van der Waals surface area contributed by atoms with Crippen molar-refractivity contribution in [1.82, 2.24) is 19.7 Å². The minimum atomic E-state index is -0.0593. The highest BCUT2D eigenvalue weighted by atomic mass is 32.1. The number of amides is 1. The largest absolute Gasteiger partial charge is 0.440 e. The van der Waals surface area contributed by atoms with Crippen LogP contribution in [0, 0.1) is 6.92 Å². The molecule has 0 aliphatic carbocycles. The minimum Gasteiger partial charge on any atom is -0.440 e. The Balaban J connectivity index is 1.55. The van der Waals surface area contributed by atoms with Gasteiger partial charge in [-0.25, -0.2) is 4.98 Å². The maximum absolute atomic E-state index is 12.9. The first-order valence-electron chi connectivity index (χ1n) is 8.02. The van der Waals surface area contributed by atoms with Crippen molar-refractivity contribution in [3.05, 3.63) is 47.4 Å². The lowest BCUT2D eigenvalue weighted by atomic mass is 10.1. The fourth-order valence-corrected chi connectivity index (χ4v) is 3.75. The fourth-order valence-electron chi connectivity index (χ4n) is 3.10. The van der Waals surface area contributed by atoms with Gasteiger partial charge in [0.15, 0.2) is 5.69 Å². The molecule has 3 aromatic rings. The van der Waals surface area contributed by atoms with Crippen molar-refractivity contribution < 1.29 is 9.21 Å². The molecule has 3 aromatic heterocycles. The summed E-state index contributed by atoms with van der Waals surface area (Å²) in [7, 11) is 0. The van der Waals surface area contributed by atoms with E-state index >= 15 is 0 Å². The van der Waals surface area contributed by atoms with E-state index in [0.29, 0.717) is 23.9 Å². The van der Waals surface area contributed by atoms with Crippen molar-refractivity contribution in [2.45, 2.75) is 25.8 Å². The summed E-state index contributed by atoms with van der Waals surface area (Å²) in [6, 6.07) is 6.02. The van der Waals surface area contributed by atoms with Gasteiger partial charge in [-0.2, -0.15) is 5.10 Å². The maximum atomic E-state index is 12.9. The molecule has 1 amide bonds. The van der Waals surface area contributed by atoms with E-state index in [1.807, 2.05) is 39.4 Å². The zero-order chi connectivity index (χ0) is 16.5. The molecule has 7 heteroatoms. The predicted octanol–water partition coefficient (Wildman–Crippen LogP) is 3.39. The van der Waals surface area contributed by atoms with E-state index in [0.717, 1.165) is 24.3 Å². The molecule has 4 rings (SSSR count). The second-order valence-corrected chi connectivity index (χ2v) is 6.88. The lowest BCUT2D eigenvalue weighted by molar-refractivity contribution is 0.0666. The number of likely N-dealkylation sites (tertiary alicyclic amines) is 1. The first-order chi connectivity index (χ1) is 11.7. The molecule has 0 aromatic carbocycles. The standard InChI is InChI=1S/C17H18N4O2S/c1-12-15(19-16(23-12)14-6-3-10-24-14)17(22)20-8-2-5-13(11-20)21-9-4-7-18-21/h3-4,6-7,9-10,13H,2,5,8,11H2,1H3/t13-/m1/s1. The molecule has 0 radical (unpaired) electrons.